The molecule has 8 nitrogen and oxygen atoms in total. The molecule has 3 rings (SSSR count). The van der Waals surface area contributed by atoms with Gasteiger partial charge in [0.1, 0.15) is 12.4 Å². The van der Waals surface area contributed by atoms with Gasteiger partial charge in [-0.25, -0.2) is 9.37 Å². The van der Waals surface area contributed by atoms with Crippen LogP contribution in [0.1, 0.15) is 6.92 Å². The van der Waals surface area contributed by atoms with E-state index in [1.54, 1.807) is 18.5 Å². The number of thiazole rings is 2. The van der Waals surface area contributed by atoms with E-state index in [0.717, 1.165) is 23.1 Å². The fraction of sp³-hybridized carbons (Fsp3) is 0.278. The summed E-state index contributed by atoms with van der Waals surface area (Å²) < 4.78 is 20.6. The number of carbonyl (C=O) groups is 3. The van der Waals surface area contributed by atoms with Gasteiger partial charge in [0, 0.05) is 11.6 Å². The normalized spacial score (nSPS) is 11.6. The molecule has 3 aromatic rings. The number of ether oxygens (including phenoxy) is 1. The molecule has 1 aromatic carbocycles. The quantitative estimate of drug-likeness (QED) is 0.510. The largest absolute Gasteiger partial charge is 0.465 e. The lowest BCUT2D eigenvalue weighted by Gasteiger charge is -2.05. The van der Waals surface area contributed by atoms with E-state index in [-0.39, 0.29) is 35.4 Å². The molecular formula is C18H17FN4O4S3. The van der Waals surface area contributed by atoms with Crippen LogP contribution in [-0.2, 0) is 25.7 Å². The molecule has 0 saturated heterocycles. The van der Waals surface area contributed by atoms with Crippen LogP contribution in [0.3, 0.4) is 0 Å². The van der Waals surface area contributed by atoms with E-state index in [4.69, 9.17) is 4.74 Å². The molecule has 2 aromatic heterocycles. The van der Waals surface area contributed by atoms with Crippen LogP contribution in [0, 0.1) is 5.82 Å². The predicted octanol–water partition coefficient (Wildman–Crippen LogP) is 2.66. The van der Waals surface area contributed by atoms with Crippen molar-refractivity contribution in [2.24, 2.45) is 4.99 Å². The highest BCUT2D eigenvalue weighted by molar-refractivity contribution is 8.00. The average Bonchev–Trinajstić information content (AvgIpc) is 3.30. The van der Waals surface area contributed by atoms with E-state index in [2.05, 4.69) is 15.3 Å². The Morgan fingerprint density at radius 3 is 2.90 bits per heavy atom. The monoisotopic (exact) mass is 468 g/mol. The van der Waals surface area contributed by atoms with Gasteiger partial charge in [-0.05, 0) is 25.1 Å². The number of nitrogens with one attached hydrogen (secondary N) is 1. The van der Waals surface area contributed by atoms with Gasteiger partial charge in [0.25, 0.3) is 5.91 Å². The van der Waals surface area contributed by atoms with Gasteiger partial charge in [-0.2, -0.15) is 4.99 Å². The minimum Gasteiger partial charge on any atom is -0.465 e. The minimum absolute atomic E-state index is 0.0205. The van der Waals surface area contributed by atoms with Gasteiger partial charge >= 0.3 is 5.97 Å². The van der Waals surface area contributed by atoms with E-state index in [0.29, 0.717) is 15.3 Å². The minimum atomic E-state index is -0.483. The zero-order chi connectivity index (χ0) is 21.5. The molecule has 0 aliphatic rings. The number of halogens is 1. The molecule has 0 fully saturated rings. The number of rotatable bonds is 8. The first-order chi connectivity index (χ1) is 14.5. The third kappa shape index (κ3) is 5.97. The molecule has 2 amide bonds. The summed E-state index contributed by atoms with van der Waals surface area (Å²) in [6.07, 6.45) is 1.58. The third-order valence-electron chi connectivity index (χ3n) is 3.60. The Morgan fingerprint density at radius 1 is 1.33 bits per heavy atom. The molecule has 0 bridgehead atoms. The molecule has 30 heavy (non-hydrogen) atoms. The fourth-order valence-corrected chi connectivity index (χ4v) is 4.65. The highest BCUT2D eigenvalue weighted by atomic mass is 32.2. The van der Waals surface area contributed by atoms with E-state index >= 15 is 0 Å². The van der Waals surface area contributed by atoms with Crippen molar-refractivity contribution in [3.8, 4) is 0 Å². The number of amides is 2. The smallest absolute Gasteiger partial charge is 0.326 e. The molecule has 0 aliphatic heterocycles. The molecule has 0 aliphatic carbocycles. The SMILES string of the molecule is CCOC(=O)Cn1c(=NC(=O)CSCC(=O)Nc2nccs2)sc2cc(F)ccc21. The number of aromatic nitrogens is 2. The molecule has 2 heterocycles. The molecule has 1 N–H and O–H groups in total. The van der Waals surface area contributed by atoms with Crippen molar-refractivity contribution >= 4 is 67.6 Å². The number of anilines is 1. The van der Waals surface area contributed by atoms with Crippen LogP contribution >= 0.6 is 34.4 Å². The van der Waals surface area contributed by atoms with Gasteiger partial charge in [0.2, 0.25) is 5.91 Å². The van der Waals surface area contributed by atoms with Crippen molar-refractivity contribution in [1.29, 1.82) is 0 Å². The first-order valence-electron chi connectivity index (χ1n) is 8.75. The van der Waals surface area contributed by atoms with E-state index in [9.17, 15) is 18.8 Å². The zero-order valence-electron chi connectivity index (χ0n) is 15.8. The maximum atomic E-state index is 13.6. The van der Waals surface area contributed by atoms with Gasteiger partial charge in [-0.3, -0.25) is 14.4 Å². The van der Waals surface area contributed by atoms with E-state index < -0.39 is 17.7 Å². The molecule has 12 heteroatoms. The molecule has 0 spiro atoms. The Hall–Kier alpha value is -2.57. The maximum Gasteiger partial charge on any atom is 0.326 e. The lowest BCUT2D eigenvalue weighted by Crippen LogP contribution is -2.23. The summed E-state index contributed by atoms with van der Waals surface area (Å²) in [6.45, 7) is 1.77. The van der Waals surface area contributed by atoms with Crippen LogP contribution in [0.25, 0.3) is 10.2 Å². The van der Waals surface area contributed by atoms with Crippen LogP contribution in [0.15, 0.2) is 34.8 Å². The number of thioether (sulfide) groups is 1. The Bertz CT molecular complexity index is 1120. The number of hydrogen-bond acceptors (Lipinski definition) is 8. The van der Waals surface area contributed by atoms with Crippen LogP contribution < -0.4 is 10.1 Å². The zero-order valence-corrected chi connectivity index (χ0v) is 18.2. The molecule has 0 radical (unpaired) electrons. The Labute approximate surface area is 182 Å². The summed E-state index contributed by atoms with van der Waals surface area (Å²) in [5.41, 5.74) is 0.580. The number of carbonyl (C=O) groups excluding carboxylic acids is 3. The van der Waals surface area contributed by atoms with Crippen LogP contribution in [-0.4, -0.2) is 45.4 Å². The van der Waals surface area contributed by atoms with Crippen molar-refractivity contribution in [3.05, 3.63) is 40.4 Å². The first-order valence-corrected chi connectivity index (χ1v) is 11.6. The summed E-state index contributed by atoms with van der Waals surface area (Å²) in [5.74, 6) is -1.59. The molecule has 0 atom stereocenters. The lowest BCUT2D eigenvalue weighted by atomic mass is 10.3. The van der Waals surface area contributed by atoms with Gasteiger partial charge < -0.3 is 14.6 Å². The molecule has 0 unspecified atom stereocenters. The number of hydrogen-bond donors (Lipinski definition) is 1. The fourth-order valence-electron chi connectivity index (χ4n) is 2.43. The second-order valence-corrected chi connectivity index (χ2v) is 8.66. The van der Waals surface area contributed by atoms with Crippen molar-refractivity contribution < 1.29 is 23.5 Å². The highest BCUT2D eigenvalue weighted by Crippen LogP contribution is 2.19. The Morgan fingerprint density at radius 2 is 2.17 bits per heavy atom. The van der Waals surface area contributed by atoms with Crippen molar-refractivity contribution in [2.45, 2.75) is 13.5 Å². The first kappa shape index (κ1) is 22.1. The number of fused-ring (bicyclic) bond motifs is 1. The van der Waals surface area contributed by atoms with E-state index in [1.165, 1.54) is 34.1 Å². The predicted molar refractivity (Wildman–Crippen MR) is 115 cm³/mol. The second kappa shape index (κ2) is 10.5. The second-order valence-electron chi connectivity index (χ2n) is 5.77. The Kier molecular flexibility index (Phi) is 7.71. The summed E-state index contributed by atoms with van der Waals surface area (Å²) in [7, 11) is 0. The average molecular weight is 469 g/mol. The molecule has 158 valence electrons. The van der Waals surface area contributed by atoms with Crippen molar-refractivity contribution in [2.75, 3.05) is 23.4 Å². The Balaban J connectivity index is 1.71. The van der Waals surface area contributed by atoms with Gasteiger partial charge in [0.05, 0.1) is 28.3 Å². The highest BCUT2D eigenvalue weighted by Gasteiger charge is 2.13. The van der Waals surface area contributed by atoms with Crippen LogP contribution in [0.4, 0.5) is 9.52 Å². The number of benzene rings is 1. The number of esters is 1. The third-order valence-corrected chi connectivity index (χ3v) is 6.24. The topological polar surface area (TPSA) is 103 Å². The van der Waals surface area contributed by atoms with E-state index in [1.807, 2.05) is 0 Å². The summed E-state index contributed by atoms with van der Waals surface area (Å²) >= 11 is 3.52. The van der Waals surface area contributed by atoms with Crippen LogP contribution in [0.5, 0.6) is 0 Å². The standard InChI is InChI=1S/C18H17FN4O4S3/c1-2-27-16(26)8-23-12-4-3-11(19)7-13(12)30-18(23)22-15(25)10-28-9-14(24)21-17-20-5-6-29-17/h3-7H,2,8-10H2,1H3,(H,20,21,24). The summed E-state index contributed by atoms with van der Waals surface area (Å²) in [6, 6.07) is 4.13. The maximum absolute atomic E-state index is 13.6. The lowest BCUT2D eigenvalue weighted by molar-refractivity contribution is -0.143. The van der Waals surface area contributed by atoms with Gasteiger partial charge in [-0.1, -0.05) is 11.3 Å². The van der Waals surface area contributed by atoms with Gasteiger partial charge in [-0.15, -0.1) is 23.1 Å². The summed E-state index contributed by atoms with van der Waals surface area (Å²) in [5, 5.41) is 4.87. The van der Waals surface area contributed by atoms with Crippen molar-refractivity contribution in [1.82, 2.24) is 9.55 Å². The van der Waals surface area contributed by atoms with Crippen molar-refractivity contribution in [3.63, 3.8) is 0 Å². The van der Waals surface area contributed by atoms with Crippen LogP contribution in [0.2, 0.25) is 0 Å². The van der Waals surface area contributed by atoms with Gasteiger partial charge in [0.15, 0.2) is 9.93 Å². The molecule has 0 saturated carbocycles. The summed E-state index contributed by atoms with van der Waals surface area (Å²) in [4.78, 5) is 44.4. The molecular weight excluding hydrogens is 451 g/mol. The number of nitrogens with zero attached hydrogens (tertiary/aromatic N) is 3.